The summed E-state index contributed by atoms with van der Waals surface area (Å²) in [4.78, 5) is 12.2. The van der Waals surface area contributed by atoms with Crippen LogP contribution >= 0.6 is 0 Å². The fraction of sp³-hybridized carbons (Fsp3) is 0.316. The first kappa shape index (κ1) is 17.0. The van der Waals surface area contributed by atoms with Crippen LogP contribution in [0.3, 0.4) is 0 Å². The Balaban J connectivity index is 2.11. The van der Waals surface area contributed by atoms with Crippen LogP contribution in [-0.2, 0) is 4.79 Å². The summed E-state index contributed by atoms with van der Waals surface area (Å²) in [6, 6.07) is 9.41. The van der Waals surface area contributed by atoms with Gasteiger partial charge in [0.2, 0.25) is 5.91 Å². The molecular formula is C19H21NO5. The minimum atomic E-state index is -0.108. The summed E-state index contributed by atoms with van der Waals surface area (Å²) < 4.78 is 21.4. The van der Waals surface area contributed by atoms with Crippen molar-refractivity contribution in [1.29, 1.82) is 0 Å². The van der Waals surface area contributed by atoms with Gasteiger partial charge in [-0.25, -0.2) is 0 Å². The second kappa shape index (κ2) is 6.93. The average Bonchev–Trinajstić information content (AvgIpc) is 2.65. The summed E-state index contributed by atoms with van der Waals surface area (Å²) in [5, 5.41) is 2.91. The van der Waals surface area contributed by atoms with Gasteiger partial charge in [0.1, 0.15) is 0 Å². The quantitative estimate of drug-likeness (QED) is 0.903. The van der Waals surface area contributed by atoms with Crippen molar-refractivity contribution < 1.29 is 23.7 Å². The molecule has 2 aromatic carbocycles. The monoisotopic (exact) mass is 343 g/mol. The Labute approximate surface area is 146 Å². The molecule has 0 fully saturated rings. The van der Waals surface area contributed by atoms with Gasteiger partial charge in [-0.3, -0.25) is 4.79 Å². The molecule has 132 valence electrons. The van der Waals surface area contributed by atoms with Crippen molar-refractivity contribution >= 4 is 11.6 Å². The van der Waals surface area contributed by atoms with Crippen LogP contribution in [0, 0.1) is 0 Å². The van der Waals surface area contributed by atoms with Gasteiger partial charge in [-0.1, -0.05) is 6.07 Å². The zero-order valence-electron chi connectivity index (χ0n) is 14.7. The van der Waals surface area contributed by atoms with Crippen LogP contribution in [0.1, 0.15) is 23.5 Å². The molecule has 0 radical (unpaired) electrons. The van der Waals surface area contributed by atoms with Crippen LogP contribution in [0.2, 0.25) is 0 Å². The molecule has 0 saturated heterocycles. The van der Waals surface area contributed by atoms with E-state index >= 15 is 0 Å². The predicted molar refractivity (Wildman–Crippen MR) is 94.2 cm³/mol. The number of fused-ring (bicyclic) bond motifs is 1. The number of methoxy groups -OCH3 is 4. The summed E-state index contributed by atoms with van der Waals surface area (Å²) in [6.07, 6.45) is 0.345. The highest BCUT2D eigenvalue weighted by atomic mass is 16.5. The molecule has 6 heteroatoms. The van der Waals surface area contributed by atoms with Crippen molar-refractivity contribution in [2.45, 2.75) is 12.3 Å². The highest BCUT2D eigenvalue weighted by molar-refractivity contribution is 5.96. The molecule has 1 heterocycles. The van der Waals surface area contributed by atoms with Crippen LogP contribution in [0.5, 0.6) is 23.0 Å². The molecular weight excluding hydrogens is 322 g/mol. The van der Waals surface area contributed by atoms with E-state index in [9.17, 15) is 4.79 Å². The maximum Gasteiger partial charge on any atom is 0.225 e. The molecule has 1 aliphatic rings. The Morgan fingerprint density at radius 1 is 0.840 bits per heavy atom. The number of benzene rings is 2. The third-order valence-corrected chi connectivity index (χ3v) is 4.40. The van der Waals surface area contributed by atoms with Crippen LogP contribution < -0.4 is 24.3 Å². The third-order valence-electron chi connectivity index (χ3n) is 4.40. The number of hydrogen-bond acceptors (Lipinski definition) is 5. The van der Waals surface area contributed by atoms with Crippen molar-refractivity contribution in [2.75, 3.05) is 33.8 Å². The average molecular weight is 343 g/mol. The molecule has 1 atom stereocenters. The summed E-state index contributed by atoms with van der Waals surface area (Å²) in [5.74, 6) is 2.34. The Kier molecular flexibility index (Phi) is 4.70. The Hall–Kier alpha value is -2.89. The minimum absolute atomic E-state index is 0.0421. The van der Waals surface area contributed by atoms with E-state index < -0.39 is 0 Å². The lowest BCUT2D eigenvalue weighted by atomic mass is 9.84. The third kappa shape index (κ3) is 3.07. The minimum Gasteiger partial charge on any atom is -0.493 e. The van der Waals surface area contributed by atoms with Crippen molar-refractivity contribution in [3.63, 3.8) is 0 Å². The van der Waals surface area contributed by atoms with E-state index in [0.29, 0.717) is 29.4 Å². The zero-order chi connectivity index (χ0) is 18.0. The van der Waals surface area contributed by atoms with Gasteiger partial charge < -0.3 is 24.3 Å². The topological polar surface area (TPSA) is 66.0 Å². The van der Waals surface area contributed by atoms with E-state index in [0.717, 1.165) is 16.8 Å². The molecule has 3 rings (SSSR count). The number of rotatable bonds is 5. The van der Waals surface area contributed by atoms with Gasteiger partial charge in [-0.05, 0) is 29.3 Å². The zero-order valence-corrected chi connectivity index (χ0v) is 14.7. The molecule has 0 unspecified atom stereocenters. The first-order valence-corrected chi connectivity index (χ1v) is 7.89. The summed E-state index contributed by atoms with van der Waals surface area (Å²) in [6.45, 7) is 0. The molecule has 1 N–H and O–H groups in total. The number of carbonyl (C=O) groups excluding carboxylic acids is 1. The van der Waals surface area contributed by atoms with Gasteiger partial charge in [-0.2, -0.15) is 0 Å². The number of hydrogen-bond donors (Lipinski definition) is 1. The fourth-order valence-corrected chi connectivity index (χ4v) is 3.15. The molecule has 0 saturated carbocycles. The highest BCUT2D eigenvalue weighted by Gasteiger charge is 2.29. The maximum absolute atomic E-state index is 12.2. The molecule has 6 nitrogen and oxygen atoms in total. The normalized spacial score (nSPS) is 15.8. The van der Waals surface area contributed by atoms with Crippen molar-refractivity contribution in [3.8, 4) is 23.0 Å². The number of carbonyl (C=O) groups is 1. The first-order valence-electron chi connectivity index (χ1n) is 7.89. The molecule has 1 aliphatic heterocycles. The van der Waals surface area contributed by atoms with E-state index in [1.165, 1.54) is 0 Å². The van der Waals surface area contributed by atoms with Crippen molar-refractivity contribution in [3.05, 3.63) is 41.5 Å². The number of nitrogens with one attached hydrogen (secondary N) is 1. The van der Waals surface area contributed by atoms with Gasteiger partial charge in [-0.15, -0.1) is 0 Å². The van der Waals surface area contributed by atoms with Crippen LogP contribution in [0.15, 0.2) is 30.3 Å². The van der Waals surface area contributed by atoms with E-state index in [2.05, 4.69) is 5.32 Å². The molecule has 0 aromatic heterocycles. The smallest absolute Gasteiger partial charge is 0.225 e. The maximum atomic E-state index is 12.2. The molecule has 1 amide bonds. The summed E-state index contributed by atoms with van der Waals surface area (Å²) >= 11 is 0. The van der Waals surface area contributed by atoms with Crippen LogP contribution in [0.4, 0.5) is 5.69 Å². The molecule has 25 heavy (non-hydrogen) atoms. The van der Waals surface area contributed by atoms with Crippen molar-refractivity contribution in [1.82, 2.24) is 0 Å². The van der Waals surface area contributed by atoms with Gasteiger partial charge in [0.25, 0.3) is 0 Å². The Bertz CT molecular complexity index is 803. The van der Waals surface area contributed by atoms with Gasteiger partial charge in [0.05, 0.1) is 28.4 Å². The number of anilines is 1. The van der Waals surface area contributed by atoms with Gasteiger partial charge >= 0.3 is 0 Å². The molecule has 2 aromatic rings. The van der Waals surface area contributed by atoms with Crippen LogP contribution in [-0.4, -0.2) is 34.3 Å². The SMILES string of the molecule is COc1ccc([C@H]2CC(=O)Nc3cc(OC)c(OC)cc32)cc1OC. The number of ether oxygens (including phenoxy) is 4. The second-order valence-electron chi connectivity index (χ2n) is 5.71. The lowest BCUT2D eigenvalue weighted by molar-refractivity contribution is -0.116. The Morgan fingerprint density at radius 2 is 1.44 bits per heavy atom. The summed E-state index contributed by atoms with van der Waals surface area (Å²) in [7, 11) is 6.35. The predicted octanol–water partition coefficient (Wildman–Crippen LogP) is 3.20. The molecule has 0 spiro atoms. The fourth-order valence-electron chi connectivity index (χ4n) is 3.15. The van der Waals surface area contributed by atoms with Crippen LogP contribution in [0.25, 0.3) is 0 Å². The van der Waals surface area contributed by atoms with E-state index in [4.69, 9.17) is 18.9 Å². The Morgan fingerprint density at radius 3 is 2.08 bits per heavy atom. The number of amides is 1. The van der Waals surface area contributed by atoms with Gasteiger partial charge in [0.15, 0.2) is 23.0 Å². The van der Waals surface area contributed by atoms with E-state index in [1.807, 2.05) is 24.3 Å². The van der Waals surface area contributed by atoms with Crippen molar-refractivity contribution in [2.24, 2.45) is 0 Å². The van der Waals surface area contributed by atoms with Gasteiger partial charge in [0, 0.05) is 24.1 Å². The standard InChI is InChI=1S/C19H21NO5/c1-22-15-6-5-11(7-16(15)23-2)12-9-19(21)20-14-10-18(25-4)17(24-3)8-13(12)14/h5-8,10,12H,9H2,1-4H3,(H,20,21)/t12-/m1/s1. The van der Waals surface area contributed by atoms with E-state index in [-0.39, 0.29) is 11.8 Å². The molecule has 0 bridgehead atoms. The second-order valence-corrected chi connectivity index (χ2v) is 5.71. The summed E-state index contributed by atoms with van der Waals surface area (Å²) in [5.41, 5.74) is 2.68. The highest BCUT2D eigenvalue weighted by Crippen LogP contribution is 2.44. The first-order chi connectivity index (χ1) is 12.1. The lowest BCUT2D eigenvalue weighted by Gasteiger charge is -2.27. The lowest BCUT2D eigenvalue weighted by Crippen LogP contribution is -2.23. The van der Waals surface area contributed by atoms with E-state index in [1.54, 1.807) is 34.5 Å². The largest absolute Gasteiger partial charge is 0.493 e. The molecule has 0 aliphatic carbocycles.